The normalized spacial score (nSPS) is 13.8. The number of rotatable bonds is 9. The van der Waals surface area contributed by atoms with Crippen molar-refractivity contribution in [3.8, 4) is 5.75 Å². The predicted octanol–water partition coefficient (Wildman–Crippen LogP) is 3.36. The molecule has 0 spiro atoms. The predicted molar refractivity (Wildman–Crippen MR) is 131 cm³/mol. The number of halogens is 1. The maximum Gasteiger partial charge on any atom is 0.255 e. The van der Waals surface area contributed by atoms with Crippen molar-refractivity contribution in [2.45, 2.75) is 26.4 Å². The van der Waals surface area contributed by atoms with Gasteiger partial charge in [-0.25, -0.2) is 4.98 Å². The van der Waals surface area contributed by atoms with E-state index in [1.165, 1.54) is 0 Å². The summed E-state index contributed by atoms with van der Waals surface area (Å²) in [4.78, 5) is 33.7. The van der Waals surface area contributed by atoms with Crippen molar-refractivity contribution in [3.05, 3.63) is 52.1 Å². The number of amides is 2. The van der Waals surface area contributed by atoms with E-state index >= 15 is 0 Å². The van der Waals surface area contributed by atoms with Crippen LogP contribution in [0.2, 0.25) is 0 Å². The van der Waals surface area contributed by atoms with Crippen molar-refractivity contribution in [2.24, 2.45) is 0 Å². The monoisotopic (exact) mass is 518 g/mol. The van der Waals surface area contributed by atoms with Crippen LogP contribution in [0.15, 0.2) is 41.0 Å². The van der Waals surface area contributed by atoms with Crippen molar-refractivity contribution < 1.29 is 19.1 Å². The molecule has 0 aliphatic carbocycles. The average Bonchev–Trinajstić information content (AvgIpc) is 2.83. The highest BCUT2D eigenvalue weighted by molar-refractivity contribution is 9.10. The largest absolute Gasteiger partial charge is 0.497 e. The average molecular weight is 519 g/mol. The Bertz CT molecular complexity index is 944. The maximum absolute atomic E-state index is 13.0. The molecule has 1 aromatic carbocycles. The zero-order valence-corrected chi connectivity index (χ0v) is 20.9. The molecular formula is C24H31BrN4O4. The van der Waals surface area contributed by atoms with Crippen LogP contribution in [0.1, 0.15) is 41.0 Å². The van der Waals surface area contributed by atoms with E-state index in [0.717, 1.165) is 16.7 Å². The zero-order chi connectivity index (χ0) is 23.8. The third-order valence-corrected chi connectivity index (χ3v) is 6.05. The summed E-state index contributed by atoms with van der Waals surface area (Å²) in [5.41, 5.74) is 1.12. The summed E-state index contributed by atoms with van der Waals surface area (Å²) in [6.45, 7) is 7.68. The van der Waals surface area contributed by atoms with Gasteiger partial charge in [0.2, 0.25) is 0 Å². The van der Waals surface area contributed by atoms with E-state index in [-0.39, 0.29) is 17.9 Å². The van der Waals surface area contributed by atoms with E-state index in [1.807, 2.05) is 36.9 Å². The molecule has 2 heterocycles. The van der Waals surface area contributed by atoms with Gasteiger partial charge < -0.3 is 24.6 Å². The molecule has 9 heteroatoms. The van der Waals surface area contributed by atoms with E-state index in [0.29, 0.717) is 56.2 Å². The molecule has 33 heavy (non-hydrogen) atoms. The van der Waals surface area contributed by atoms with Gasteiger partial charge in [-0.15, -0.1) is 0 Å². The zero-order valence-electron chi connectivity index (χ0n) is 19.3. The van der Waals surface area contributed by atoms with Crippen molar-refractivity contribution in [1.82, 2.24) is 15.2 Å². The van der Waals surface area contributed by atoms with Crippen LogP contribution in [-0.4, -0.2) is 74.2 Å². The molecule has 3 rings (SSSR count). The highest BCUT2D eigenvalue weighted by Gasteiger charge is 2.24. The Kier molecular flexibility index (Phi) is 9.08. The summed E-state index contributed by atoms with van der Waals surface area (Å²) < 4.78 is 11.5. The fourth-order valence-corrected chi connectivity index (χ4v) is 3.92. The number of nitrogens with zero attached hydrogens (tertiary/aromatic N) is 3. The van der Waals surface area contributed by atoms with Gasteiger partial charge in [-0.3, -0.25) is 9.59 Å². The van der Waals surface area contributed by atoms with Gasteiger partial charge in [0.05, 0.1) is 24.3 Å². The first-order chi connectivity index (χ1) is 15.9. The maximum atomic E-state index is 13.0. The molecule has 0 unspecified atom stereocenters. The van der Waals surface area contributed by atoms with Crippen LogP contribution in [0.25, 0.3) is 0 Å². The SMILES string of the molecule is COc1ccc(Br)c(C(=O)N2CCN(c3ccc(C(=O)NCCCOC(C)C)cn3)CC2)c1. The summed E-state index contributed by atoms with van der Waals surface area (Å²) in [7, 11) is 1.58. The lowest BCUT2D eigenvalue weighted by Gasteiger charge is -2.35. The first kappa shape index (κ1) is 25.0. The van der Waals surface area contributed by atoms with Crippen LogP contribution in [0.4, 0.5) is 5.82 Å². The highest BCUT2D eigenvalue weighted by Crippen LogP contribution is 2.25. The van der Waals surface area contributed by atoms with E-state index in [4.69, 9.17) is 9.47 Å². The van der Waals surface area contributed by atoms with Gasteiger partial charge in [0, 0.05) is 50.0 Å². The van der Waals surface area contributed by atoms with E-state index in [9.17, 15) is 9.59 Å². The summed E-state index contributed by atoms with van der Waals surface area (Å²) in [5.74, 6) is 1.28. The number of carbonyl (C=O) groups is 2. The Morgan fingerprint density at radius 3 is 2.55 bits per heavy atom. The van der Waals surface area contributed by atoms with Gasteiger partial charge in [-0.05, 0) is 66.5 Å². The van der Waals surface area contributed by atoms with Crippen molar-refractivity contribution in [3.63, 3.8) is 0 Å². The first-order valence-electron chi connectivity index (χ1n) is 11.1. The summed E-state index contributed by atoms with van der Waals surface area (Å²) >= 11 is 3.46. The Morgan fingerprint density at radius 2 is 1.91 bits per heavy atom. The van der Waals surface area contributed by atoms with Gasteiger partial charge in [0.1, 0.15) is 11.6 Å². The number of benzene rings is 1. The molecule has 1 aliphatic heterocycles. The molecule has 0 saturated carbocycles. The molecule has 1 fully saturated rings. The number of pyridine rings is 1. The molecule has 0 atom stereocenters. The van der Waals surface area contributed by atoms with Crippen molar-refractivity contribution >= 4 is 33.6 Å². The Morgan fingerprint density at radius 1 is 1.15 bits per heavy atom. The molecule has 0 radical (unpaired) electrons. The van der Waals surface area contributed by atoms with Crippen molar-refractivity contribution in [2.75, 3.05) is 51.3 Å². The minimum Gasteiger partial charge on any atom is -0.497 e. The lowest BCUT2D eigenvalue weighted by Crippen LogP contribution is -2.49. The topological polar surface area (TPSA) is 84.0 Å². The number of anilines is 1. The molecular weight excluding hydrogens is 488 g/mol. The van der Waals surface area contributed by atoms with Crippen molar-refractivity contribution in [1.29, 1.82) is 0 Å². The van der Waals surface area contributed by atoms with Gasteiger partial charge in [0.25, 0.3) is 11.8 Å². The first-order valence-corrected chi connectivity index (χ1v) is 11.9. The fraction of sp³-hybridized carbons (Fsp3) is 0.458. The molecule has 178 valence electrons. The van der Waals surface area contributed by atoms with Crippen LogP contribution >= 0.6 is 15.9 Å². The number of ether oxygens (including phenoxy) is 2. The summed E-state index contributed by atoms with van der Waals surface area (Å²) in [5, 5.41) is 2.89. The number of aromatic nitrogens is 1. The van der Waals surface area contributed by atoms with Crippen LogP contribution in [0.3, 0.4) is 0 Å². The Balaban J connectivity index is 1.50. The van der Waals surface area contributed by atoms with Gasteiger partial charge in [-0.2, -0.15) is 0 Å². The number of carbonyl (C=O) groups excluding carboxylic acids is 2. The second kappa shape index (κ2) is 12.0. The number of hydrogen-bond acceptors (Lipinski definition) is 6. The lowest BCUT2D eigenvalue weighted by molar-refractivity contribution is 0.0742. The van der Waals surface area contributed by atoms with Gasteiger partial charge in [-0.1, -0.05) is 0 Å². The lowest BCUT2D eigenvalue weighted by atomic mass is 10.1. The van der Waals surface area contributed by atoms with E-state index in [2.05, 4.69) is 31.1 Å². The second-order valence-electron chi connectivity index (χ2n) is 8.06. The molecule has 2 amide bonds. The minimum absolute atomic E-state index is 0.0285. The van der Waals surface area contributed by atoms with Gasteiger partial charge >= 0.3 is 0 Å². The highest BCUT2D eigenvalue weighted by atomic mass is 79.9. The molecule has 2 aromatic rings. The number of hydrogen-bond donors (Lipinski definition) is 1. The molecule has 0 bridgehead atoms. The number of methoxy groups -OCH3 is 1. The van der Waals surface area contributed by atoms with E-state index in [1.54, 1.807) is 25.4 Å². The standard InChI is InChI=1S/C24H31BrN4O4/c1-17(2)33-14-4-9-26-23(30)18-5-8-22(27-16-18)28-10-12-29(13-11-28)24(31)20-15-19(32-3)6-7-21(20)25/h5-8,15-17H,4,9-14H2,1-3H3,(H,26,30). The second-order valence-corrected chi connectivity index (χ2v) is 8.91. The molecule has 1 aliphatic rings. The molecule has 1 saturated heterocycles. The summed E-state index contributed by atoms with van der Waals surface area (Å²) in [6.07, 6.45) is 2.56. The number of nitrogens with one attached hydrogen (secondary N) is 1. The Hall–Kier alpha value is -2.65. The third-order valence-electron chi connectivity index (χ3n) is 5.36. The van der Waals surface area contributed by atoms with Crippen LogP contribution in [0.5, 0.6) is 5.75 Å². The number of piperazine rings is 1. The molecule has 8 nitrogen and oxygen atoms in total. The minimum atomic E-state index is -0.141. The van der Waals surface area contributed by atoms with Crippen LogP contribution in [0, 0.1) is 0 Å². The summed E-state index contributed by atoms with van der Waals surface area (Å²) in [6, 6.07) is 9.03. The third kappa shape index (κ3) is 6.91. The van der Waals surface area contributed by atoms with E-state index < -0.39 is 0 Å². The molecule has 1 N–H and O–H groups in total. The van der Waals surface area contributed by atoms with Gasteiger partial charge in [0.15, 0.2) is 0 Å². The smallest absolute Gasteiger partial charge is 0.255 e. The fourth-order valence-electron chi connectivity index (χ4n) is 3.51. The van der Waals surface area contributed by atoms with Crippen LogP contribution in [-0.2, 0) is 4.74 Å². The molecule has 1 aromatic heterocycles. The quantitative estimate of drug-likeness (QED) is 0.512. The Labute approximate surface area is 203 Å². The van der Waals surface area contributed by atoms with Crippen LogP contribution < -0.4 is 15.0 Å².